The molecule has 2 rings (SSSR count). The number of hydrogen-bond donors (Lipinski definition) is 1. The van der Waals surface area contributed by atoms with Crippen molar-refractivity contribution < 1.29 is 4.74 Å². The third kappa shape index (κ3) is 4.17. The Morgan fingerprint density at radius 1 is 1.33 bits per heavy atom. The van der Waals surface area contributed by atoms with Gasteiger partial charge in [-0.25, -0.2) is 4.98 Å². The van der Waals surface area contributed by atoms with Crippen molar-refractivity contribution in [3.63, 3.8) is 0 Å². The molecule has 114 valence electrons. The molecule has 21 heavy (non-hydrogen) atoms. The van der Waals surface area contributed by atoms with Gasteiger partial charge in [-0.1, -0.05) is 26.8 Å². The summed E-state index contributed by atoms with van der Waals surface area (Å²) in [7, 11) is 0. The third-order valence-corrected chi connectivity index (χ3v) is 3.96. The summed E-state index contributed by atoms with van der Waals surface area (Å²) in [5.41, 5.74) is 0.976. The number of aromatic nitrogens is 2. The van der Waals surface area contributed by atoms with E-state index in [1.165, 1.54) is 4.88 Å². The smallest absolute Gasteiger partial charge is 0.222 e. The van der Waals surface area contributed by atoms with Crippen LogP contribution in [0.3, 0.4) is 0 Å². The van der Waals surface area contributed by atoms with Crippen molar-refractivity contribution in [2.75, 3.05) is 11.9 Å². The molecule has 0 saturated carbocycles. The molecule has 0 aliphatic carbocycles. The van der Waals surface area contributed by atoms with E-state index in [0.717, 1.165) is 30.2 Å². The van der Waals surface area contributed by atoms with Gasteiger partial charge in [0.2, 0.25) is 5.88 Å². The highest BCUT2D eigenvalue weighted by Gasteiger charge is 2.14. The highest BCUT2D eigenvalue weighted by Crippen LogP contribution is 2.26. The van der Waals surface area contributed by atoms with Crippen LogP contribution >= 0.6 is 11.3 Å². The van der Waals surface area contributed by atoms with Crippen LogP contribution in [0.1, 0.15) is 49.4 Å². The van der Waals surface area contributed by atoms with Crippen LogP contribution in [-0.4, -0.2) is 16.5 Å². The Kier molecular flexibility index (Phi) is 5.56. The molecule has 0 amide bonds. The summed E-state index contributed by atoms with van der Waals surface area (Å²) in [5.74, 6) is 2.66. The molecule has 0 saturated heterocycles. The van der Waals surface area contributed by atoms with Crippen LogP contribution < -0.4 is 10.1 Å². The maximum Gasteiger partial charge on any atom is 0.222 e. The van der Waals surface area contributed by atoms with E-state index in [2.05, 4.69) is 47.5 Å². The summed E-state index contributed by atoms with van der Waals surface area (Å²) in [4.78, 5) is 10.4. The Morgan fingerprint density at radius 2 is 2.14 bits per heavy atom. The Balaban J connectivity index is 2.22. The molecule has 0 radical (unpaired) electrons. The van der Waals surface area contributed by atoms with E-state index in [1.807, 2.05) is 13.0 Å². The van der Waals surface area contributed by atoms with E-state index in [1.54, 1.807) is 11.3 Å². The number of ether oxygens (including phenoxy) is 1. The summed E-state index contributed by atoms with van der Waals surface area (Å²) in [5, 5.41) is 5.42. The minimum Gasteiger partial charge on any atom is -0.472 e. The van der Waals surface area contributed by atoms with Gasteiger partial charge in [0.25, 0.3) is 0 Å². The lowest BCUT2D eigenvalue weighted by atomic mass is 10.2. The van der Waals surface area contributed by atoms with Gasteiger partial charge in [0.1, 0.15) is 18.2 Å². The molecule has 2 aromatic heterocycles. The molecule has 0 fully saturated rings. The molecule has 4 nitrogen and oxygen atoms in total. The average molecular weight is 305 g/mol. The quantitative estimate of drug-likeness (QED) is 0.825. The summed E-state index contributed by atoms with van der Waals surface area (Å²) in [6, 6.07) is 4.10. The highest BCUT2D eigenvalue weighted by atomic mass is 32.1. The summed E-state index contributed by atoms with van der Waals surface area (Å²) < 4.78 is 5.91. The molecule has 1 N–H and O–H groups in total. The van der Waals surface area contributed by atoms with Gasteiger partial charge in [-0.2, -0.15) is 4.98 Å². The van der Waals surface area contributed by atoms with Crippen molar-refractivity contribution in [1.29, 1.82) is 0 Å². The van der Waals surface area contributed by atoms with Crippen molar-refractivity contribution in [1.82, 2.24) is 9.97 Å². The fourth-order valence-electron chi connectivity index (χ4n) is 1.86. The van der Waals surface area contributed by atoms with Crippen molar-refractivity contribution in [3.05, 3.63) is 33.8 Å². The second-order valence-corrected chi connectivity index (χ2v) is 6.34. The number of anilines is 1. The Morgan fingerprint density at radius 3 is 2.76 bits per heavy atom. The number of hydrogen-bond acceptors (Lipinski definition) is 5. The topological polar surface area (TPSA) is 47.0 Å². The zero-order valence-corrected chi connectivity index (χ0v) is 14.0. The van der Waals surface area contributed by atoms with Crippen molar-refractivity contribution in [2.24, 2.45) is 0 Å². The molecule has 0 unspecified atom stereocenters. The molecule has 0 atom stereocenters. The van der Waals surface area contributed by atoms with Crippen LogP contribution in [0.15, 0.2) is 17.5 Å². The summed E-state index contributed by atoms with van der Waals surface area (Å²) in [6.07, 6.45) is 1.06. The van der Waals surface area contributed by atoms with Crippen LogP contribution in [0.25, 0.3) is 0 Å². The van der Waals surface area contributed by atoms with Crippen molar-refractivity contribution in [2.45, 2.75) is 46.6 Å². The van der Waals surface area contributed by atoms with E-state index >= 15 is 0 Å². The standard InChI is InChI=1S/C16H23N3OS/c1-5-8-17-15-12(4)16(19-14(18-15)11(2)3)20-10-13-7-6-9-21-13/h6-7,9,11H,5,8,10H2,1-4H3,(H,17,18,19). The van der Waals surface area contributed by atoms with Crippen LogP contribution in [0.4, 0.5) is 5.82 Å². The van der Waals surface area contributed by atoms with E-state index in [9.17, 15) is 0 Å². The normalized spacial score (nSPS) is 10.9. The number of nitrogens with one attached hydrogen (secondary N) is 1. The van der Waals surface area contributed by atoms with Crippen LogP contribution in [0, 0.1) is 6.92 Å². The van der Waals surface area contributed by atoms with E-state index in [0.29, 0.717) is 12.5 Å². The van der Waals surface area contributed by atoms with Crippen LogP contribution in [-0.2, 0) is 6.61 Å². The van der Waals surface area contributed by atoms with Gasteiger partial charge in [0, 0.05) is 17.3 Å². The minimum absolute atomic E-state index is 0.275. The molecule has 2 heterocycles. The first-order valence-corrected chi connectivity index (χ1v) is 8.27. The lowest BCUT2D eigenvalue weighted by molar-refractivity contribution is 0.293. The summed E-state index contributed by atoms with van der Waals surface area (Å²) in [6.45, 7) is 9.79. The first-order chi connectivity index (χ1) is 10.1. The lowest BCUT2D eigenvalue weighted by Gasteiger charge is -2.15. The second-order valence-electron chi connectivity index (χ2n) is 5.31. The maximum atomic E-state index is 5.91. The van der Waals surface area contributed by atoms with Gasteiger partial charge < -0.3 is 10.1 Å². The first-order valence-electron chi connectivity index (χ1n) is 7.39. The predicted molar refractivity (Wildman–Crippen MR) is 88.3 cm³/mol. The number of rotatable bonds is 7. The van der Waals surface area contributed by atoms with E-state index in [-0.39, 0.29) is 5.92 Å². The molecule has 0 spiro atoms. The molecular formula is C16H23N3OS. The van der Waals surface area contributed by atoms with Gasteiger partial charge in [-0.3, -0.25) is 0 Å². The van der Waals surface area contributed by atoms with Crippen LogP contribution in [0.5, 0.6) is 5.88 Å². The first kappa shape index (κ1) is 15.8. The van der Waals surface area contributed by atoms with E-state index < -0.39 is 0 Å². The maximum absolute atomic E-state index is 5.91. The molecule has 2 aromatic rings. The monoisotopic (exact) mass is 305 g/mol. The zero-order chi connectivity index (χ0) is 15.2. The average Bonchev–Trinajstić information content (AvgIpc) is 2.98. The molecule has 0 aliphatic heterocycles. The van der Waals surface area contributed by atoms with Gasteiger partial charge in [0.15, 0.2) is 0 Å². The fraction of sp³-hybridized carbons (Fsp3) is 0.500. The largest absolute Gasteiger partial charge is 0.472 e. The van der Waals surface area contributed by atoms with Gasteiger partial charge >= 0.3 is 0 Å². The summed E-state index contributed by atoms with van der Waals surface area (Å²) >= 11 is 1.69. The predicted octanol–water partition coefficient (Wildman–Crippen LogP) is 4.37. The zero-order valence-electron chi connectivity index (χ0n) is 13.1. The van der Waals surface area contributed by atoms with Gasteiger partial charge in [0.05, 0.1) is 5.56 Å². The lowest BCUT2D eigenvalue weighted by Crippen LogP contribution is -2.10. The van der Waals surface area contributed by atoms with Gasteiger partial charge in [-0.15, -0.1) is 11.3 Å². The number of thiophene rings is 1. The molecule has 0 bridgehead atoms. The van der Waals surface area contributed by atoms with Gasteiger partial charge in [-0.05, 0) is 24.8 Å². The molecular weight excluding hydrogens is 282 g/mol. The second kappa shape index (κ2) is 7.41. The molecule has 0 aliphatic rings. The minimum atomic E-state index is 0.275. The Labute approximate surface area is 130 Å². The van der Waals surface area contributed by atoms with E-state index in [4.69, 9.17) is 4.74 Å². The molecule has 0 aromatic carbocycles. The Bertz CT molecular complexity index is 567. The Hall–Kier alpha value is -1.62. The highest BCUT2D eigenvalue weighted by molar-refractivity contribution is 7.09. The third-order valence-electron chi connectivity index (χ3n) is 3.11. The number of nitrogens with zero attached hydrogens (tertiary/aromatic N) is 2. The van der Waals surface area contributed by atoms with Crippen molar-refractivity contribution >= 4 is 17.2 Å². The SMILES string of the molecule is CCCNc1nc(C(C)C)nc(OCc2cccs2)c1C. The van der Waals surface area contributed by atoms with Crippen LogP contribution in [0.2, 0.25) is 0 Å². The van der Waals surface area contributed by atoms with Crippen molar-refractivity contribution in [3.8, 4) is 5.88 Å². The molecule has 5 heteroatoms. The fourth-order valence-corrected chi connectivity index (χ4v) is 2.48.